The molecule has 1 aliphatic heterocycles. The number of allylic oxidation sites excluding steroid dienone is 1. The Bertz CT molecular complexity index is 219. The van der Waals surface area contributed by atoms with Crippen molar-refractivity contribution in [1.82, 2.24) is 0 Å². The molecule has 0 spiro atoms. The molecule has 1 saturated heterocycles. The summed E-state index contributed by atoms with van der Waals surface area (Å²) in [6.45, 7) is 4.40. The van der Waals surface area contributed by atoms with Crippen molar-refractivity contribution < 1.29 is 4.74 Å². The molecule has 1 heteroatoms. The van der Waals surface area contributed by atoms with E-state index >= 15 is 0 Å². The van der Waals surface area contributed by atoms with Crippen molar-refractivity contribution in [3.8, 4) is 0 Å². The Kier molecular flexibility index (Phi) is 2.96. The third-order valence-electron chi connectivity index (χ3n) is 3.42. The van der Waals surface area contributed by atoms with Gasteiger partial charge in [0.25, 0.3) is 0 Å². The molecule has 1 atom stereocenters. The Morgan fingerprint density at radius 2 is 1.93 bits per heavy atom. The zero-order valence-corrected chi connectivity index (χ0v) is 9.51. The van der Waals surface area contributed by atoms with E-state index in [1.54, 1.807) is 5.57 Å². The topological polar surface area (TPSA) is 9.23 Å². The summed E-state index contributed by atoms with van der Waals surface area (Å²) in [5.41, 5.74) is 1.77. The number of ether oxygens (including phenoxy) is 1. The zero-order chi connectivity index (χ0) is 10.0. The normalized spacial score (nSPS) is 31.9. The quantitative estimate of drug-likeness (QED) is 0.576. The highest BCUT2D eigenvalue weighted by atomic mass is 16.5. The van der Waals surface area contributed by atoms with Gasteiger partial charge in [-0.3, -0.25) is 0 Å². The molecule has 1 heterocycles. The highest BCUT2D eigenvalue weighted by molar-refractivity contribution is 5.09. The van der Waals surface area contributed by atoms with Crippen molar-refractivity contribution in [2.75, 3.05) is 0 Å². The highest BCUT2D eigenvalue weighted by Gasteiger charge is 2.30. The SMILES string of the molecule is CC1(C)CC[C@@H](C=C2CCCCC2)O1. The Labute approximate surface area is 87.5 Å². The highest BCUT2D eigenvalue weighted by Crippen LogP contribution is 2.32. The predicted octanol–water partition coefficient (Wildman–Crippen LogP) is 3.83. The molecular weight excluding hydrogens is 172 g/mol. The van der Waals surface area contributed by atoms with E-state index in [0.717, 1.165) is 0 Å². The van der Waals surface area contributed by atoms with Crippen LogP contribution in [0.5, 0.6) is 0 Å². The summed E-state index contributed by atoms with van der Waals surface area (Å²) in [5, 5.41) is 0. The molecule has 14 heavy (non-hydrogen) atoms. The zero-order valence-electron chi connectivity index (χ0n) is 9.51. The van der Waals surface area contributed by atoms with Crippen LogP contribution in [0, 0.1) is 0 Å². The van der Waals surface area contributed by atoms with Crippen molar-refractivity contribution >= 4 is 0 Å². The lowest BCUT2D eigenvalue weighted by Crippen LogP contribution is -2.19. The molecule has 1 nitrogen and oxygen atoms in total. The van der Waals surface area contributed by atoms with Crippen molar-refractivity contribution in [3.05, 3.63) is 11.6 Å². The largest absolute Gasteiger partial charge is 0.368 e. The van der Waals surface area contributed by atoms with Gasteiger partial charge in [-0.1, -0.05) is 18.1 Å². The van der Waals surface area contributed by atoms with Gasteiger partial charge in [-0.05, 0) is 52.4 Å². The molecule has 0 radical (unpaired) electrons. The van der Waals surface area contributed by atoms with Crippen LogP contribution in [0.1, 0.15) is 58.8 Å². The van der Waals surface area contributed by atoms with E-state index in [-0.39, 0.29) is 5.60 Å². The molecule has 0 bridgehead atoms. The summed E-state index contributed by atoms with van der Waals surface area (Å²) in [4.78, 5) is 0. The molecule has 0 unspecified atom stereocenters. The minimum absolute atomic E-state index is 0.121. The predicted molar refractivity (Wildman–Crippen MR) is 59.4 cm³/mol. The Morgan fingerprint density at radius 1 is 1.21 bits per heavy atom. The molecule has 80 valence electrons. The van der Waals surface area contributed by atoms with Crippen LogP contribution in [0.25, 0.3) is 0 Å². The first-order chi connectivity index (χ1) is 6.66. The van der Waals surface area contributed by atoms with Crippen molar-refractivity contribution in [1.29, 1.82) is 0 Å². The van der Waals surface area contributed by atoms with Gasteiger partial charge in [0.15, 0.2) is 0 Å². The first-order valence-electron chi connectivity index (χ1n) is 6.03. The molecule has 0 amide bonds. The first-order valence-corrected chi connectivity index (χ1v) is 6.03. The third kappa shape index (κ3) is 2.60. The van der Waals surface area contributed by atoms with E-state index in [1.165, 1.54) is 44.9 Å². The summed E-state index contributed by atoms with van der Waals surface area (Å²) in [6.07, 6.45) is 12.1. The maximum absolute atomic E-state index is 5.98. The summed E-state index contributed by atoms with van der Waals surface area (Å²) in [5.74, 6) is 0. The molecule has 2 fully saturated rings. The minimum atomic E-state index is 0.121. The van der Waals surface area contributed by atoms with E-state index in [1.807, 2.05) is 0 Å². The number of hydrogen-bond donors (Lipinski definition) is 0. The van der Waals surface area contributed by atoms with Gasteiger partial charge in [0, 0.05) is 0 Å². The second-order valence-corrected chi connectivity index (χ2v) is 5.34. The Balaban J connectivity index is 1.90. The lowest BCUT2D eigenvalue weighted by atomic mass is 9.93. The fourth-order valence-corrected chi connectivity index (χ4v) is 2.57. The molecule has 1 saturated carbocycles. The van der Waals surface area contributed by atoms with Gasteiger partial charge < -0.3 is 4.74 Å². The van der Waals surface area contributed by atoms with Crippen LogP contribution in [-0.2, 0) is 4.74 Å². The summed E-state index contributed by atoms with van der Waals surface area (Å²) in [6, 6.07) is 0. The maximum atomic E-state index is 5.98. The van der Waals surface area contributed by atoms with E-state index in [9.17, 15) is 0 Å². The van der Waals surface area contributed by atoms with Gasteiger partial charge in [-0.25, -0.2) is 0 Å². The molecular formula is C13H22O. The molecule has 0 N–H and O–H groups in total. The van der Waals surface area contributed by atoms with Crippen molar-refractivity contribution in [3.63, 3.8) is 0 Å². The van der Waals surface area contributed by atoms with Gasteiger partial charge in [-0.2, -0.15) is 0 Å². The van der Waals surface area contributed by atoms with Crippen LogP contribution in [0.2, 0.25) is 0 Å². The summed E-state index contributed by atoms with van der Waals surface area (Å²) < 4.78 is 5.98. The van der Waals surface area contributed by atoms with Gasteiger partial charge in [0.1, 0.15) is 0 Å². The summed E-state index contributed by atoms with van der Waals surface area (Å²) in [7, 11) is 0. The average Bonchev–Trinajstić information content (AvgIpc) is 2.47. The van der Waals surface area contributed by atoms with Crippen LogP contribution in [0.15, 0.2) is 11.6 Å². The minimum Gasteiger partial charge on any atom is -0.368 e. The lowest BCUT2D eigenvalue weighted by Gasteiger charge is -2.19. The third-order valence-corrected chi connectivity index (χ3v) is 3.42. The lowest BCUT2D eigenvalue weighted by molar-refractivity contribution is 0.00475. The molecule has 0 aromatic carbocycles. The van der Waals surface area contributed by atoms with Gasteiger partial charge >= 0.3 is 0 Å². The average molecular weight is 194 g/mol. The first kappa shape index (κ1) is 10.2. The van der Waals surface area contributed by atoms with E-state index in [0.29, 0.717) is 6.10 Å². The van der Waals surface area contributed by atoms with E-state index in [2.05, 4.69) is 19.9 Å². The monoisotopic (exact) mass is 194 g/mol. The van der Waals surface area contributed by atoms with Crippen LogP contribution < -0.4 is 0 Å². The van der Waals surface area contributed by atoms with Crippen molar-refractivity contribution in [2.24, 2.45) is 0 Å². The maximum Gasteiger partial charge on any atom is 0.0766 e. The smallest absolute Gasteiger partial charge is 0.0766 e. The molecule has 2 aliphatic rings. The van der Waals surface area contributed by atoms with Crippen LogP contribution in [-0.4, -0.2) is 11.7 Å². The number of rotatable bonds is 1. The second kappa shape index (κ2) is 4.06. The van der Waals surface area contributed by atoms with Gasteiger partial charge in [-0.15, -0.1) is 0 Å². The van der Waals surface area contributed by atoms with Crippen LogP contribution >= 0.6 is 0 Å². The Morgan fingerprint density at radius 3 is 2.50 bits per heavy atom. The van der Waals surface area contributed by atoms with Crippen LogP contribution in [0.3, 0.4) is 0 Å². The fourth-order valence-electron chi connectivity index (χ4n) is 2.57. The van der Waals surface area contributed by atoms with Crippen molar-refractivity contribution in [2.45, 2.75) is 70.5 Å². The van der Waals surface area contributed by atoms with E-state index in [4.69, 9.17) is 4.74 Å². The second-order valence-electron chi connectivity index (χ2n) is 5.34. The van der Waals surface area contributed by atoms with E-state index < -0.39 is 0 Å². The van der Waals surface area contributed by atoms with Gasteiger partial charge in [0.05, 0.1) is 11.7 Å². The molecule has 1 aliphatic carbocycles. The molecule has 0 aromatic rings. The summed E-state index contributed by atoms with van der Waals surface area (Å²) >= 11 is 0. The Hall–Kier alpha value is -0.300. The van der Waals surface area contributed by atoms with Gasteiger partial charge in [0.2, 0.25) is 0 Å². The van der Waals surface area contributed by atoms with Crippen LogP contribution in [0.4, 0.5) is 0 Å². The number of hydrogen-bond acceptors (Lipinski definition) is 1. The fraction of sp³-hybridized carbons (Fsp3) is 0.846. The molecule has 2 rings (SSSR count). The standard InChI is InChI=1S/C13H22O/c1-13(2)9-8-12(14-13)10-11-6-4-3-5-7-11/h10,12H,3-9H2,1-2H3/t12-/m0/s1. The molecule has 0 aromatic heterocycles.